The summed E-state index contributed by atoms with van der Waals surface area (Å²) in [6.07, 6.45) is 0. The molecule has 0 aromatic heterocycles. The number of hydrogen-bond acceptors (Lipinski definition) is 3. The van der Waals surface area contributed by atoms with E-state index in [2.05, 4.69) is 0 Å². The molecule has 0 bridgehead atoms. The third-order valence-corrected chi connectivity index (χ3v) is 3.00. The van der Waals surface area contributed by atoms with Crippen molar-refractivity contribution in [2.45, 2.75) is 13.1 Å². The van der Waals surface area contributed by atoms with Gasteiger partial charge in [0.1, 0.15) is 5.82 Å². The molecule has 0 aliphatic rings. The van der Waals surface area contributed by atoms with Crippen LogP contribution in [0.25, 0.3) is 0 Å². The third kappa shape index (κ3) is 3.61. The second-order valence-corrected chi connectivity index (χ2v) is 4.69. The number of nitro benzene ring substituents is 1. The fourth-order valence-corrected chi connectivity index (χ4v) is 2.01. The van der Waals surface area contributed by atoms with Crippen molar-refractivity contribution in [1.29, 1.82) is 0 Å². The van der Waals surface area contributed by atoms with E-state index < -0.39 is 4.92 Å². The third-order valence-electron chi connectivity index (χ3n) is 3.00. The predicted molar refractivity (Wildman–Crippen MR) is 74.7 cm³/mol. The van der Waals surface area contributed by atoms with Crippen LogP contribution in [-0.4, -0.2) is 16.9 Å². The molecular formula is C15H15FN2O2. The minimum Gasteiger partial charge on any atom is -0.298 e. The highest BCUT2D eigenvalue weighted by Crippen LogP contribution is 2.15. The molecule has 2 aromatic carbocycles. The molecule has 0 saturated heterocycles. The van der Waals surface area contributed by atoms with Crippen molar-refractivity contribution in [2.24, 2.45) is 0 Å². The van der Waals surface area contributed by atoms with Crippen LogP contribution < -0.4 is 0 Å². The monoisotopic (exact) mass is 274 g/mol. The van der Waals surface area contributed by atoms with Crippen LogP contribution in [0.5, 0.6) is 0 Å². The van der Waals surface area contributed by atoms with Crippen molar-refractivity contribution in [2.75, 3.05) is 7.05 Å². The van der Waals surface area contributed by atoms with Gasteiger partial charge >= 0.3 is 0 Å². The molecule has 0 amide bonds. The smallest absolute Gasteiger partial charge is 0.269 e. The zero-order valence-electron chi connectivity index (χ0n) is 11.1. The van der Waals surface area contributed by atoms with E-state index in [1.54, 1.807) is 30.3 Å². The van der Waals surface area contributed by atoms with Crippen LogP contribution in [0.1, 0.15) is 11.1 Å². The van der Waals surface area contributed by atoms with E-state index in [0.717, 1.165) is 5.56 Å². The van der Waals surface area contributed by atoms with Crippen LogP contribution in [0.2, 0.25) is 0 Å². The van der Waals surface area contributed by atoms with Gasteiger partial charge in [0.15, 0.2) is 0 Å². The number of nitrogens with zero attached hydrogens (tertiary/aromatic N) is 2. The second-order valence-electron chi connectivity index (χ2n) is 4.69. The van der Waals surface area contributed by atoms with E-state index in [1.807, 2.05) is 11.9 Å². The van der Waals surface area contributed by atoms with Gasteiger partial charge in [-0.25, -0.2) is 4.39 Å². The lowest BCUT2D eigenvalue weighted by Crippen LogP contribution is -2.17. The summed E-state index contributed by atoms with van der Waals surface area (Å²) < 4.78 is 13.5. The quantitative estimate of drug-likeness (QED) is 0.620. The van der Waals surface area contributed by atoms with Crippen molar-refractivity contribution in [3.8, 4) is 0 Å². The molecule has 0 unspecified atom stereocenters. The van der Waals surface area contributed by atoms with Crippen molar-refractivity contribution >= 4 is 5.69 Å². The number of non-ortho nitro benzene ring substituents is 1. The topological polar surface area (TPSA) is 46.4 Å². The van der Waals surface area contributed by atoms with Crippen molar-refractivity contribution in [1.82, 2.24) is 4.90 Å². The zero-order chi connectivity index (χ0) is 14.5. The molecule has 0 spiro atoms. The lowest BCUT2D eigenvalue weighted by atomic mass is 10.1. The Morgan fingerprint density at radius 1 is 1.10 bits per heavy atom. The molecule has 0 heterocycles. The van der Waals surface area contributed by atoms with Gasteiger partial charge in [-0.2, -0.15) is 0 Å². The van der Waals surface area contributed by atoms with Crippen LogP contribution in [0.3, 0.4) is 0 Å². The Balaban J connectivity index is 1.99. The molecule has 0 aliphatic heterocycles. The fraction of sp³-hybridized carbons (Fsp3) is 0.200. The zero-order valence-corrected chi connectivity index (χ0v) is 11.1. The van der Waals surface area contributed by atoms with Crippen LogP contribution in [0, 0.1) is 15.9 Å². The SMILES string of the molecule is CN(Cc1ccc([N+](=O)[O-])cc1)Cc1ccccc1F. The van der Waals surface area contributed by atoms with Gasteiger partial charge in [0.05, 0.1) is 4.92 Å². The first kappa shape index (κ1) is 14.1. The van der Waals surface area contributed by atoms with Gasteiger partial charge in [-0.15, -0.1) is 0 Å². The number of hydrogen-bond donors (Lipinski definition) is 0. The molecule has 104 valence electrons. The molecule has 0 aliphatic carbocycles. The molecular weight excluding hydrogens is 259 g/mol. The van der Waals surface area contributed by atoms with E-state index in [9.17, 15) is 14.5 Å². The van der Waals surface area contributed by atoms with Gasteiger partial charge in [0, 0.05) is 30.8 Å². The van der Waals surface area contributed by atoms with Crippen LogP contribution in [0.15, 0.2) is 48.5 Å². The number of nitro groups is 1. The highest BCUT2D eigenvalue weighted by Gasteiger charge is 2.08. The largest absolute Gasteiger partial charge is 0.298 e. The summed E-state index contributed by atoms with van der Waals surface area (Å²) in [5, 5.41) is 10.6. The fourth-order valence-electron chi connectivity index (χ4n) is 2.01. The molecule has 5 heteroatoms. The predicted octanol–water partition coefficient (Wildman–Crippen LogP) is 3.37. The Hall–Kier alpha value is -2.27. The summed E-state index contributed by atoms with van der Waals surface area (Å²) in [5.74, 6) is -0.219. The normalized spacial score (nSPS) is 10.8. The molecule has 0 fully saturated rings. The summed E-state index contributed by atoms with van der Waals surface area (Å²) >= 11 is 0. The standard InChI is InChI=1S/C15H15FN2O2/c1-17(11-13-4-2-3-5-15(13)16)10-12-6-8-14(9-7-12)18(19)20/h2-9H,10-11H2,1H3. The Morgan fingerprint density at radius 2 is 1.75 bits per heavy atom. The van der Waals surface area contributed by atoms with E-state index in [1.165, 1.54) is 18.2 Å². The maximum Gasteiger partial charge on any atom is 0.269 e. The maximum absolute atomic E-state index is 13.5. The Bertz CT molecular complexity index is 599. The highest BCUT2D eigenvalue weighted by molar-refractivity contribution is 5.32. The summed E-state index contributed by atoms with van der Waals surface area (Å²) in [5.41, 5.74) is 1.66. The van der Waals surface area contributed by atoms with Crippen molar-refractivity contribution in [3.63, 3.8) is 0 Å². The van der Waals surface area contributed by atoms with Crippen LogP contribution in [0.4, 0.5) is 10.1 Å². The molecule has 0 N–H and O–H groups in total. The first-order chi connectivity index (χ1) is 9.56. The first-order valence-corrected chi connectivity index (χ1v) is 6.21. The minimum atomic E-state index is -0.424. The van der Waals surface area contributed by atoms with Gasteiger partial charge in [-0.1, -0.05) is 30.3 Å². The van der Waals surface area contributed by atoms with E-state index in [-0.39, 0.29) is 11.5 Å². The Kier molecular flexibility index (Phi) is 4.42. The molecule has 20 heavy (non-hydrogen) atoms. The summed E-state index contributed by atoms with van der Waals surface area (Å²) in [6.45, 7) is 1.09. The van der Waals surface area contributed by atoms with Gasteiger partial charge in [-0.05, 0) is 18.7 Å². The van der Waals surface area contributed by atoms with Gasteiger partial charge < -0.3 is 0 Å². The lowest BCUT2D eigenvalue weighted by molar-refractivity contribution is -0.384. The Labute approximate surface area is 116 Å². The summed E-state index contributed by atoms with van der Waals surface area (Å²) in [7, 11) is 1.88. The molecule has 0 radical (unpaired) electrons. The average molecular weight is 274 g/mol. The first-order valence-electron chi connectivity index (χ1n) is 6.21. The van der Waals surface area contributed by atoms with Crippen molar-refractivity contribution < 1.29 is 9.31 Å². The highest BCUT2D eigenvalue weighted by atomic mass is 19.1. The summed E-state index contributed by atoms with van der Waals surface area (Å²) in [6, 6.07) is 13.1. The average Bonchev–Trinajstić information content (AvgIpc) is 2.42. The van der Waals surface area contributed by atoms with E-state index in [0.29, 0.717) is 18.7 Å². The second kappa shape index (κ2) is 6.25. The van der Waals surface area contributed by atoms with E-state index >= 15 is 0 Å². The Morgan fingerprint density at radius 3 is 2.35 bits per heavy atom. The van der Waals surface area contributed by atoms with Gasteiger partial charge in [0.25, 0.3) is 5.69 Å². The molecule has 4 nitrogen and oxygen atoms in total. The number of halogens is 1. The van der Waals surface area contributed by atoms with Gasteiger partial charge in [-0.3, -0.25) is 15.0 Å². The minimum absolute atomic E-state index is 0.0745. The lowest BCUT2D eigenvalue weighted by Gasteiger charge is -2.17. The summed E-state index contributed by atoms with van der Waals surface area (Å²) in [4.78, 5) is 12.1. The molecule has 0 atom stereocenters. The van der Waals surface area contributed by atoms with Crippen molar-refractivity contribution in [3.05, 3.63) is 75.6 Å². The van der Waals surface area contributed by atoms with Crippen LogP contribution >= 0.6 is 0 Å². The molecule has 2 rings (SSSR count). The van der Waals surface area contributed by atoms with Gasteiger partial charge in [0.2, 0.25) is 0 Å². The number of benzene rings is 2. The molecule has 0 saturated carbocycles. The number of rotatable bonds is 5. The molecule has 2 aromatic rings. The maximum atomic E-state index is 13.5. The van der Waals surface area contributed by atoms with E-state index in [4.69, 9.17) is 0 Å². The van der Waals surface area contributed by atoms with Crippen LogP contribution in [-0.2, 0) is 13.1 Å².